The number of rotatable bonds is 10. The van der Waals surface area contributed by atoms with Crippen LogP contribution in [0, 0.1) is 20.8 Å². The summed E-state index contributed by atoms with van der Waals surface area (Å²) in [5, 5.41) is 19.3. The van der Waals surface area contributed by atoms with E-state index >= 15 is 0 Å². The summed E-state index contributed by atoms with van der Waals surface area (Å²) < 4.78 is 9.14. The number of nitrogens with one attached hydrogen (secondary N) is 1. The number of aryl methyl sites for hydroxylation is 2. The highest BCUT2D eigenvalue weighted by Crippen LogP contribution is 2.34. The van der Waals surface area contributed by atoms with Crippen molar-refractivity contribution in [2.24, 2.45) is 5.73 Å². The highest BCUT2D eigenvalue weighted by molar-refractivity contribution is 8.00. The van der Waals surface area contributed by atoms with Gasteiger partial charge in [0, 0.05) is 22.1 Å². The number of ether oxygens (including phenoxy) is 1. The SMILES string of the molecule is Cc1cccc(C)c1-c1nc(NSc2cccc(C(=O)O)c2)nc(OCC(N)CC(C)(C)O)c1C. The van der Waals surface area contributed by atoms with Crippen molar-refractivity contribution < 1.29 is 19.7 Å². The summed E-state index contributed by atoms with van der Waals surface area (Å²) in [5.41, 5.74) is 10.1. The molecule has 0 saturated heterocycles. The zero-order valence-corrected chi connectivity index (χ0v) is 21.4. The third-order valence-corrected chi connectivity index (χ3v) is 6.13. The molecular formula is C26H32N4O4S. The van der Waals surface area contributed by atoms with E-state index in [0.29, 0.717) is 23.1 Å². The first-order chi connectivity index (χ1) is 16.4. The fourth-order valence-electron chi connectivity index (χ4n) is 3.80. The first-order valence-corrected chi connectivity index (χ1v) is 12.1. The van der Waals surface area contributed by atoms with Crippen LogP contribution in [-0.4, -0.2) is 44.4 Å². The van der Waals surface area contributed by atoms with Gasteiger partial charge >= 0.3 is 5.97 Å². The molecule has 35 heavy (non-hydrogen) atoms. The molecule has 0 aliphatic carbocycles. The minimum absolute atomic E-state index is 0.182. The van der Waals surface area contributed by atoms with Crippen LogP contribution in [0.5, 0.6) is 5.88 Å². The molecule has 9 heteroatoms. The van der Waals surface area contributed by atoms with Crippen molar-refractivity contribution in [3.63, 3.8) is 0 Å². The largest absolute Gasteiger partial charge is 0.478 e. The number of nitrogens with zero attached hydrogens (tertiary/aromatic N) is 2. The molecule has 0 aliphatic heterocycles. The standard InChI is InChI=1S/C26H32N4O4S/c1-15-8-6-9-16(2)21(15)22-17(3)23(34-14-19(27)13-26(4,5)33)29-25(28-22)30-35-20-11-7-10-18(12-20)24(31)32/h6-12,19,33H,13-14,27H2,1-5H3,(H,31,32)(H,28,29,30). The molecule has 0 aliphatic rings. The molecule has 1 aromatic heterocycles. The molecular weight excluding hydrogens is 464 g/mol. The number of benzene rings is 2. The lowest BCUT2D eigenvalue weighted by atomic mass is 9.97. The molecule has 0 saturated carbocycles. The van der Waals surface area contributed by atoms with Crippen LogP contribution in [0.1, 0.15) is 47.3 Å². The lowest BCUT2D eigenvalue weighted by Gasteiger charge is -2.22. The monoisotopic (exact) mass is 496 g/mol. The first-order valence-electron chi connectivity index (χ1n) is 11.3. The van der Waals surface area contributed by atoms with Gasteiger partial charge in [-0.25, -0.2) is 9.78 Å². The van der Waals surface area contributed by atoms with E-state index in [0.717, 1.165) is 27.9 Å². The Hall–Kier alpha value is -3.14. The quantitative estimate of drug-likeness (QED) is 0.294. The van der Waals surface area contributed by atoms with Crippen molar-refractivity contribution in [3.8, 4) is 17.1 Å². The van der Waals surface area contributed by atoms with Gasteiger partial charge in [-0.05, 0) is 82.3 Å². The van der Waals surface area contributed by atoms with Gasteiger partial charge in [0.25, 0.3) is 0 Å². The Morgan fingerprint density at radius 2 is 1.80 bits per heavy atom. The average Bonchev–Trinajstić information content (AvgIpc) is 2.77. The summed E-state index contributed by atoms with van der Waals surface area (Å²) in [6, 6.07) is 12.3. The first kappa shape index (κ1) is 26.5. The number of aromatic nitrogens is 2. The van der Waals surface area contributed by atoms with Crippen LogP contribution in [-0.2, 0) is 0 Å². The Balaban J connectivity index is 1.94. The number of hydrogen-bond donors (Lipinski definition) is 4. The molecule has 2 aromatic carbocycles. The lowest BCUT2D eigenvalue weighted by Crippen LogP contribution is -2.36. The predicted octanol–water partition coefficient (Wildman–Crippen LogP) is 4.75. The van der Waals surface area contributed by atoms with Crippen molar-refractivity contribution >= 4 is 23.9 Å². The minimum Gasteiger partial charge on any atom is -0.478 e. The second kappa shape index (κ2) is 11.1. The number of anilines is 1. The molecule has 1 atom stereocenters. The maximum Gasteiger partial charge on any atom is 0.335 e. The van der Waals surface area contributed by atoms with Gasteiger partial charge in [0.15, 0.2) is 0 Å². The molecule has 0 fully saturated rings. The summed E-state index contributed by atoms with van der Waals surface area (Å²) in [7, 11) is 0. The summed E-state index contributed by atoms with van der Waals surface area (Å²) in [6.45, 7) is 9.57. The maximum atomic E-state index is 11.3. The molecule has 186 valence electrons. The molecule has 0 radical (unpaired) electrons. The molecule has 5 N–H and O–H groups in total. The van der Waals surface area contributed by atoms with Crippen LogP contribution in [0.2, 0.25) is 0 Å². The minimum atomic E-state index is -0.991. The smallest absolute Gasteiger partial charge is 0.335 e. The number of carboxylic acid groups (broad SMARTS) is 1. The van der Waals surface area contributed by atoms with E-state index in [1.165, 1.54) is 18.0 Å². The van der Waals surface area contributed by atoms with Crippen LogP contribution in [0.4, 0.5) is 5.95 Å². The third-order valence-electron chi connectivity index (χ3n) is 5.36. The van der Waals surface area contributed by atoms with Crippen molar-refractivity contribution in [2.45, 2.75) is 57.6 Å². The Bertz CT molecular complexity index is 1190. The lowest BCUT2D eigenvalue weighted by molar-refractivity contribution is 0.0570. The van der Waals surface area contributed by atoms with Gasteiger partial charge in [0.05, 0.1) is 16.9 Å². The maximum absolute atomic E-state index is 11.3. The Labute approximate surface area is 210 Å². The van der Waals surface area contributed by atoms with Crippen LogP contribution in [0.3, 0.4) is 0 Å². The van der Waals surface area contributed by atoms with E-state index in [-0.39, 0.29) is 18.2 Å². The van der Waals surface area contributed by atoms with Gasteiger partial charge in [0.2, 0.25) is 11.8 Å². The van der Waals surface area contributed by atoms with E-state index in [1.807, 2.05) is 39.0 Å². The van der Waals surface area contributed by atoms with Crippen molar-refractivity contribution in [3.05, 3.63) is 64.7 Å². The summed E-state index contributed by atoms with van der Waals surface area (Å²) in [5.74, 6) is -0.272. The van der Waals surface area contributed by atoms with E-state index in [9.17, 15) is 15.0 Å². The second-order valence-corrected chi connectivity index (χ2v) is 10.1. The van der Waals surface area contributed by atoms with Gasteiger partial charge in [-0.15, -0.1) is 0 Å². The fourth-order valence-corrected chi connectivity index (χ4v) is 4.43. The van der Waals surface area contributed by atoms with E-state index < -0.39 is 11.6 Å². The molecule has 1 heterocycles. The number of hydrogen-bond acceptors (Lipinski definition) is 8. The van der Waals surface area contributed by atoms with Gasteiger partial charge in [0.1, 0.15) is 6.61 Å². The van der Waals surface area contributed by atoms with Crippen LogP contribution < -0.4 is 15.2 Å². The Morgan fingerprint density at radius 1 is 1.14 bits per heavy atom. The van der Waals surface area contributed by atoms with Gasteiger partial charge < -0.3 is 20.7 Å². The second-order valence-electron chi connectivity index (χ2n) is 9.22. The van der Waals surface area contributed by atoms with Gasteiger partial charge in [-0.3, -0.25) is 4.72 Å². The number of aromatic carboxylic acids is 1. The number of carboxylic acids is 1. The Morgan fingerprint density at radius 3 is 2.43 bits per heavy atom. The molecule has 8 nitrogen and oxygen atoms in total. The molecule has 3 rings (SSSR count). The zero-order chi connectivity index (χ0) is 25.8. The fraction of sp³-hybridized carbons (Fsp3) is 0.346. The molecule has 3 aromatic rings. The molecule has 0 amide bonds. The van der Waals surface area contributed by atoms with Crippen molar-refractivity contribution in [1.82, 2.24) is 9.97 Å². The van der Waals surface area contributed by atoms with Gasteiger partial charge in [-0.1, -0.05) is 24.3 Å². The number of carbonyl (C=O) groups is 1. The summed E-state index contributed by atoms with van der Waals surface area (Å²) >= 11 is 1.21. The summed E-state index contributed by atoms with van der Waals surface area (Å²) in [6.07, 6.45) is 0.377. The Kier molecular flexibility index (Phi) is 8.37. The summed E-state index contributed by atoms with van der Waals surface area (Å²) in [4.78, 5) is 21.3. The number of aliphatic hydroxyl groups is 1. The van der Waals surface area contributed by atoms with Crippen molar-refractivity contribution in [2.75, 3.05) is 11.3 Å². The third kappa shape index (κ3) is 7.17. The average molecular weight is 497 g/mol. The van der Waals surface area contributed by atoms with Crippen LogP contribution in [0.15, 0.2) is 47.4 Å². The van der Waals surface area contributed by atoms with Crippen LogP contribution in [0.25, 0.3) is 11.3 Å². The molecule has 0 spiro atoms. The van der Waals surface area contributed by atoms with Crippen LogP contribution >= 0.6 is 11.9 Å². The normalized spacial score (nSPS) is 12.3. The van der Waals surface area contributed by atoms with Crippen molar-refractivity contribution in [1.29, 1.82) is 0 Å². The van der Waals surface area contributed by atoms with E-state index in [1.54, 1.807) is 32.0 Å². The topological polar surface area (TPSA) is 131 Å². The van der Waals surface area contributed by atoms with E-state index in [4.69, 9.17) is 15.5 Å². The van der Waals surface area contributed by atoms with E-state index in [2.05, 4.69) is 9.71 Å². The highest BCUT2D eigenvalue weighted by Gasteiger charge is 2.21. The highest BCUT2D eigenvalue weighted by atomic mass is 32.2. The molecule has 0 bridgehead atoms. The van der Waals surface area contributed by atoms with Gasteiger partial charge in [-0.2, -0.15) is 4.98 Å². The number of nitrogens with two attached hydrogens (primary N) is 1. The zero-order valence-electron chi connectivity index (χ0n) is 20.6. The molecule has 1 unspecified atom stereocenters. The predicted molar refractivity (Wildman–Crippen MR) is 139 cm³/mol.